The Morgan fingerprint density at radius 1 is 1.18 bits per heavy atom. The summed E-state index contributed by atoms with van der Waals surface area (Å²) in [4.78, 5) is 14.7. The van der Waals surface area contributed by atoms with Crippen LogP contribution >= 0.6 is 0 Å². The number of hydrogen-bond acceptors (Lipinski definition) is 4. The fourth-order valence-electron chi connectivity index (χ4n) is 1.96. The molecule has 0 heterocycles. The summed E-state index contributed by atoms with van der Waals surface area (Å²) in [6.07, 6.45) is 3.50. The van der Waals surface area contributed by atoms with Gasteiger partial charge in [-0.05, 0) is 12.5 Å². The first-order valence-corrected chi connectivity index (χ1v) is 7.60. The van der Waals surface area contributed by atoms with Crippen molar-refractivity contribution in [2.24, 2.45) is 4.99 Å². The van der Waals surface area contributed by atoms with Gasteiger partial charge in [-0.25, -0.2) is 0 Å². The van der Waals surface area contributed by atoms with Gasteiger partial charge in [0, 0.05) is 32.7 Å². The third-order valence-electron chi connectivity index (χ3n) is 3.13. The number of nitrogens with one attached hydrogen (secondary N) is 3. The summed E-state index contributed by atoms with van der Waals surface area (Å²) in [6.45, 7) is 4.26. The molecule has 1 aromatic rings. The third kappa shape index (κ3) is 6.43. The lowest BCUT2D eigenvalue weighted by Crippen LogP contribution is -2.39. The minimum atomic E-state index is -0.385. The Morgan fingerprint density at radius 2 is 1.91 bits per heavy atom. The van der Waals surface area contributed by atoms with Gasteiger partial charge in [-0.3, -0.25) is 15.1 Å². The zero-order valence-electron chi connectivity index (χ0n) is 13.3. The molecule has 0 radical (unpaired) electrons. The van der Waals surface area contributed by atoms with Crippen LogP contribution in [0, 0.1) is 10.1 Å². The molecule has 0 aliphatic carbocycles. The number of nitro benzene ring substituents is 1. The van der Waals surface area contributed by atoms with Crippen LogP contribution in [-0.4, -0.2) is 37.6 Å². The quantitative estimate of drug-likeness (QED) is 0.214. The first-order chi connectivity index (χ1) is 10.7. The molecule has 0 atom stereocenters. The van der Waals surface area contributed by atoms with Gasteiger partial charge in [-0.2, -0.15) is 0 Å². The number of rotatable bonds is 9. The maximum atomic E-state index is 10.9. The van der Waals surface area contributed by atoms with Crippen molar-refractivity contribution in [3.05, 3.63) is 34.4 Å². The summed E-state index contributed by atoms with van der Waals surface area (Å²) in [5, 5.41) is 20.4. The van der Waals surface area contributed by atoms with Crippen molar-refractivity contribution in [2.45, 2.75) is 26.2 Å². The van der Waals surface area contributed by atoms with Crippen molar-refractivity contribution in [3.63, 3.8) is 0 Å². The lowest BCUT2D eigenvalue weighted by Gasteiger charge is -2.12. The summed E-state index contributed by atoms with van der Waals surface area (Å²) in [6, 6.07) is 6.63. The van der Waals surface area contributed by atoms with Gasteiger partial charge >= 0.3 is 0 Å². The molecule has 3 N–H and O–H groups in total. The molecule has 0 saturated heterocycles. The van der Waals surface area contributed by atoms with Crippen LogP contribution in [0.2, 0.25) is 0 Å². The molecule has 7 heteroatoms. The number of nitro groups is 1. The van der Waals surface area contributed by atoms with Crippen LogP contribution in [0.5, 0.6) is 0 Å². The van der Waals surface area contributed by atoms with E-state index in [0.29, 0.717) is 18.8 Å². The summed E-state index contributed by atoms with van der Waals surface area (Å²) >= 11 is 0. The smallest absolute Gasteiger partial charge is 0.292 e. The Balaban J connectivity index is 2.31. The van der Waals surface area contributed by atoms with E-state index in [4.69, 9.17) is 0 Å². The van der Waals surface area contributed by atoms with E-state index in [1.54, 1.807) is 25.2 Å². The first-order valence-electron chi connectivity index (χ1n) is 7.60. The minimum Gasteiger partial charge on any atom is -0.378 e. The van der Waals surface area contributed by atoms with Crippen LogP contribution in [0.1, 0.15) is 26.2 Å². The van der Waals surface area contributed by atoms with Crippen LogP contribution in [0.25, 0.3) is 0 Å². The normalized spacial score (nSPS) is 11.1. The largest absolute Gasteiger partial charge is 0.378 e. The maximum Gasteiger partial charge on any atom is 0.292 e. The summed E-state index contributed by atoms with van der Waals surface area (Å²) in [7, 11) is 1.73. The van der Waals surface area contributed by atoms with E-state index >= 15 is 0 Å². The van der Waals surface area contributed by atoms with E-state index in [-0.39, 0.29) is 10.6 Å². The third-order valence-corrected chi connectivity index (χ3v) is 3.13. The van der Waals surface area contributed by atoms with Gasteiger partial charge in [0.15, 0.2) is 5.96 Å². The molecule has 0 amide bonds. The van der Waals surface area contributed by atoms with Crippen molar-refractivity contribution in [2.75, 3.05) is 32.0 Å². The van der Waals surface area contributed by atoms with E-state index in [2.05, 4.69) is 27.9 Å². The number of aliphatic imine (C=N–C) groups is 1. The van der Waals surface area contributed by atoms with Gasteiger partial charge in [-0.15, -0.1) is 0 Å². The summed E-state index contributed by atoms with van der Waals surface area (Å²) < 4.78 is 0. The molecule has 0 bridgehead atoms. The average molecular weight is 307 g/mol. The number of anilines is 1. The topological polar surface area (TPSA) is 91.6 Å². The van der Waals surface area contributed by atoms with Gasteiger partial charge in [0.25, 0.3) is 5.69 Å². The van der Waals surface area contributed by atoms with Crippen LogP contribution in [0.3, 0.4) is 0 Å². The predicted molar refractivity (Wildman–Crippen MR) is 90.5 cm³/mol. The predicted octanol–water partition coefficient (Wildman–Crippen LogP) is 2.36. The highest BCUT2D eigenvalue weighted by atomic mass is 16.6. The van der Waals surface area contributed by atoms with Crippen molar-refractivity contribution in [1.29, 1.82) is 0 Å². The average Bonchev–Trinajstić information content (AvgIpc) is 2.53. The fourth-order valence-corrected chi connectivity index (χ4v) is 1.96. The van der Waals surface area contributed by atoms with Gasteiger partial charge in [0.1, 0.15) is 5.69 Å². The van der Waals surface area contributed by atoms with Crippen LogP contribution < -0.4 is 16.0 Å². The second-order valence-electron chi connectivity index (χ2n) is 4.83. The van der Waals surface area contributed by atoms with E-state index in [9.17, 15) is 10.1 Å². The lowest BCUT2D eigenvalue weighted by atomic mass is 10.2. The Kier molecular flexibility index (Phi) is 8.40. The maximum absolute atomic E-state index is 10.9. The van der Waals surface area contributed by atoms with E-state index in [1.165, 1.54) is 18.9 Å². The fraction of sp³-hybridized carbons (Fsp3) is 0.533. The number of hydrogen-bond donors (Lipinski definition) is 3. The van der Waals surface area contributed by atoms with E-state index in [1.807, 2.05) is 0 Å². The Bertz CT molecular complexity index is 491. The van der Waals surface area contributed by atoms with Crippen molar-refractivity contribution < 1.29 is 4.92 Å². The summed E-state index contributed by atoms with van der Waals surface area (Å²) in [5.74, 6) is 0.750. The number of nitrogens with zero attached hydrogens (tertiary/aromatic N) is 2. The van der Waals surface area contributed by atoms with Crippen LogP contribution in [-0.2, 0) is 0 Å². The molecule has 0 aromatic heterocycles. The first kappa shape index (κ1) is 17.7. The molecule has 1 rings (SSSR count). The highest BCUT2D eigenvalue weighted by Crippen LogP contribution is 2.22. The molecule has 122 valence electrons. The molecule has 0 aliphatic heterocycles. The molecule has 0 aliphatic rings. The van der Waals surface area contributed by atoms with Crippen molar-refractivity contribution in [1.82, 2.24) is 10.6 Å². The van der Waals surface area contributed by atoms with Crippen LogP contribution in [0.15, 0.2) is 29.3 Å². The number of unbranched alkanes of at least 4 members (excludes halogenated alkanes) is 2. The molecule has 1 aromatic carbocycles. The zero-order chi connectivity index (χ0) is 16.2. The molecule has 22 heavy (non-hydrogen) atoms. The molecule has 0 saturated carbocycles. The van der Waals surface area contributed by atoms with Gasteiger partial charge in [0.05, 0.1) is 4.92 Å². The van der Waals surface area contributed by atoms with Gasteiger partial charge < -0.3 is 16.0 Å². The summed E-state index contributed by atoms with van der Waals surface area (Å²) in [5.41, 5.74) is 0.616. The van der Waals surface area contributed by atoms with E-state index < -0.39 is 0 Å². The highest BCUT2D eigenvalue weighted by Gasteiger charge is 2.11. The second kappa shape index (κ2) is 10.4. The molecule has 7 nitrogen and oxygen atoms in total. The highest BCUT2D eigenvalue weighted by molar-refractivity contribution is 5.79. The molecular weight excluding hydrogens is 282 g/mol. The molecule has 0 unspecified atom stereocenters. The Hall–Kier alpha value is -2.31. The standard InChI is InChI=1S/C15H25N5O2/c1-3-4-7-10-18-15(16-2)19-12-11-17-13-8-5-6-9-14(13)20(21)22/h5-6,8-9,17H,3-4,7,10-12H2,1-2H3,(H2,16,18,19). The van der Waals surface area contributed by atoms with E-state index in [0.717, 1.165) is 18.9 Å². The molecular formula is C15H25N5O2. The van der Waals surface area contributed by atoms with Gasteiger partial charge in [0.2, 0.25) is 0 Å². The second-order valence-corrected chi connectivity index (χ2v) is 4.83. The minimum absolute atomic E-state index is 0.0876. The molecule has 0 fully saturated rings. The number of para-hydroxylation sites is 2. The van der Waals surface area contributed by atoms with Gasteiger partial charge in [-0.1, -0.05) is 31.9 Å². The van der Waals surface area contributed by atoms with Crippen molar-refractivity contribution in [3.8, 4) is 0 Å². The van der Waals surface area contributed by atoms with Crippen LogP contribution in [0.4, 0.5) is 11.4 Å². The zero-order valence-corrected chi connectivity index (χ0v) is 13.3. The molecule has 0 spiro atoms. The Morgan fingerprint density at radius 3 is 2.59 bits per heavy atom. The lowest BCUT2D eigenvalue weighted by molar-refractivity contribution is -0.384. The Labute approximate surface area is 131 Å². The monoisotopic (exact) mass is 307 g/mol. The number of benzene rings is 1. The SMILES string of the molecule is CCCCCNC(=NC)NCCNc1ccccc1[N+](=O)[O-]. The van der Waals surface area contributed by atoms with Crippen molar-refractivity contribution >= 4 is 17.3 Å². The number of guanidine groups is 1.